The van der Waals surface area contributed by atoms with Gasteiger partial charge in [0.2, 0.25) is 0 Å². The highest BCUT2D eigenvalue weighted by atomic mass is 35.5. The third kappa shape index (κ3) is 3.44. The summed E-state index contributed by atoms with van der Waals surface area (Å²) >= 11 is 6.00. The van der Waals surface area contributed by atoms with Gasteiger partial charge in [0.25, 0.3) is 0 Å². The lowest BCUT2D eigenvalue weighted by Crippen LogP contribution is -2.31. The molecule has 1 heterocycles. The maximum absolute atomic E-state index is 14.0. The minimum absolute atomic E-state index is 0.0210. The molecule has 1 saturated heterocycles. The average Bonchev–Trinajstić information content (AvgIpc) is 2.42. The molecule has 0 aromatic heterocycles. The van der Waals surface area contributed by atoms with Crippen LogP contribution in [0.2, 0.25) is 5.02 Å². The van der Waals surface area contributed by atoms with Gasteiger partial charge in [-0.1, -0.05) is 11.6 Å². The number of piperidine rings is 1. The second-order valence-electron chi connectivity index (χ2n) is 4.97. The molecule has 0 amide bonds. The van der Waals surface area contributed by atoms with E-state index in [4.69, 9.17) is 16.3 Å². The number of hydrogen-bond acceptors (Lipinski definition) is 2. The van der Waals surface area contributed by atoms with Crippen molar-refractivity contribution in [3.8, 4) is 0 Å². The summed E-state index contributed by atoms with van der Waals surface area (Å²) < 4.78 is 32.8. The highest BCUT2D eigenvalue weighted by Gasteiger charge is 2.21. The average molecular weight is 290 g/mol. The van der Waals surface area contributed by atoms with Crippen LogP contribution in [0.15, 0.2) is 6.07 Å². The Morgan fingerprint density at radius 1 is 1.42 bits per heavy atom. The molecule has 0 spiro atoms. The highest BCUT2D eigenvalue weighted by molar-refractivity contribution is 6.31. The lowest BCUT2D eigenvalue weighted by Gasteiger charge is -2.23. The van der Waals surface area contributed by atoms with Gasteiger partial charge in [-0.15, -0.1) is 0 Å². The number of halogens is 3. The van der Waals surface area contributed by atoms with Crippen molar-refractivity contribution in [2.45, 2.75) is 25.9 Å². The summed E-state index contributed by atoms with van der Waals surface area (Å²) in [4.78, 5) is 0. The molecule has 0 aliphatic carbocycles. The SMILES string of the molecule is COCc1c(Cl)cc(CC2CCCNC2)c(F)c1F. The monoisotopic (exact) mass is 289 g/mol. The quantitative estimate of drug-likeness (QED) is 0.859. The Bertz CT molecular complexity index is 448. The molecule has 5 heteroatoms. The highest BCUT2D eigenvalue weighted by Crippen LogP contribution is 2.28. The molecule has 0 saturated carbocycles. The van der Waals surface area contributed by atoms with Gasteiger partial charge in [-0.25, -0.2) is 8.78 Å². The van der Waals surface area contributed by atoms with Gasteiger partial charge in [0.15, 0.2) is 11.6 Å². The normalized spacial score (nSPS) is 19.7. The molecule has 1 N–H and O–H groups in total. The summed E-state index contributed by atoms with van der Waals surface area (Å²) in [7, 11) is 1.43. The Hall–Kier alpha value is -0.710. The van der Waals surface area contributed by atoms with E-state index in [2.05, 4.69) is 5.32 Å². The largest absolute Gasteiger partial charge is 0.380 e. The van der Waals surface area contributed by atoms with Gasteiger partial charge in [0.1, 0.15) is 0 Å². The molecule has 0 bridgehead atoms. The molecule has 1 aliphatic heterocycles. The Morgan fingerprint density at radius 3 is 2.84 bits per heavy atom. The zero-order valence-electron chi connectivity index (χ0n) is 10.9. The van der Waals surface area contributed by atoms with E-state index in [0.717, 1.165) is 25.9 Å². The predicted molar refractivity (Wildman–Crippen MR) is 71.4 cm³/mol. The summed E-state index contributed by atoms with van der Waals surface area (Å²) in [5.74, 6) is -1.33. The van der Waals surface area contributed by atoms with Crippen LogP contribution in [0.4, 0.5) is 8.78 Å². The fraction of sp³-hybridized carbons (Fsp3) is 0.571. The van der Waals surface area contributed by atoms with Crippen molar-refractivity contribution in [2.75, 3.05) is 20.2 Å². The third-order valence-corrected chi connectivity index (χ3v) is 3.86. The van der Waals surface area contributed by atoms with Gasteiger partial charge in [-0.05, 0) is 49.9 Å². The summed E-state index contributed by atoms with van der Waals surface area (Å²) in [5, 5.41) is 3.50. The number of nitrogens with one attached hydrogen (secondary N) is 1. The number of ether oxygens (including phenoxy) is 1. The minimum atomic E-state index is -0.881. The minimum Gasteiger partial charge on any atom is -0.380 e. The summed E-state index contributed by atoms with van der Waals surface area (Å²) in [6.07, 6.45) is 2.62. The van der Waals surface area contributed by atoms with Crippen LogP contribution in [0, 0.1) is 17.6 Å². The summed E-state index contributed by atoms with van der Waals surface area (Å²) in [6.45, 7) is 1.83. The number of rotatable bonds is 4. The lowest BCUT2D eigenvalue weighted by atomic mass is 9.91. The molecule has 1 aromatic carbocycles. The van der Waals surface area contributed by atoms with Crippen molar-refractivity contribution in [1.29, 1.82) is 0 Å². The lowest BCUT2D eigenvalue weighted by molar-refractivity contribution is 0.180. The van der Waals surface area contributed by atoms with E-state index in [1.54, 1.807) is 0 Å². The van der Waals surface area contributed by atoms with Crippen molar-refractivity contribution in [3.63, 3.8) is 0 Å². The van der Waals surface area contributed by atoms with Gasteiger partial charge >= 0.3 is 0 Å². The predicted octanol–water partition coefficient (Wildman–Crippen LogP) is 3.31. The Labute approximate surface area is 117 Å². The van der Waals surface area contributed by atoms with E-state index in [1.165, 1.54) is 13.2 Å². The van der Waals surface area contributed by atoms with Crippen molar-refractivity contribution in [1.82, 2.24) is 5.32 Å². The molecule has 106 valence electrons. The first-order valence-electron chi connectivity index (χ1n) is 6.48. The van der Waals surface area contributed by atoms with Crippen molar-refractivity contribution < 1.29 is 13.5 Å². The molecule has 2 nitrogen and oxygen atoms in total. The third-order valence-electron chi connectivity index (χ3n) is 3.53. The molecule has 2 rings (SSSR count). The van der Waals surface area contributed by atoms with Crippen LogP contribution in [0.5, 0.6) is 0 Å². The maximum atomic E-state index is 14.0. The van der Waals surface area contributed by atoms with Crippen molar-refractivity contribution in [3.05, 3.63) is 33.9 Å². The van der Waals surface area contributed by atoms with Crippen LogP contribution in [0.3, 0.4) is 0 Å². The van der Waals surface area contributed by atoms with Crippen molar-refractivity contribution in [2.24, 2.45) is 5.92 Å². The molecule has 1 fully saturated rings. The fourth-order valence-electron chi connectivity index (χ4n) is 2.52. The van der Waals surface area contributed by atoms with Gasteiger partial charge in [-0.3, -0.25) is 0 Å². The fourth-order valence-corrected chi connectivity index (χ4v) is 2.79. The van der Waals surface area contributed by atoms with Crippen LogP contribution in [-0.4, -0.2) is 20.2 Å². The van der Waals surface area contributed by atoms with Gasteiger partial charge < -0.3 is 10.1 Å². The Balaban J connectivity index is 2.21. The van der Waals surface area contributed by atoms with Gasteiger partial charge in [0, 0.05) is 17.7 Å². The van der Waals surface area contributed by atoms with Gasteiger partial charge in [0.05, 0.1) is 6.61 Å². The smallest absolute Gasteiger partial charge is 0.166 e. The molecular formula is C14H18ClF2NO. The Kier molecular flexibility index (Phi) is 5.13. The standard InChI is InChI=1S/C14H18ClF2NO/c1-19-8-11-12(15)6-10(13(16)14(11)17)5-9-3-2-4-18-7-9/h6,9,18H,2-5,7-8H2,1H3. The van der Waals surface area contributed by atoms with Crippen molar-refractivity contribution >= 4 is 11.6 Å². The van der Waals surface area contributed by atoms with E-state index < -0.39 is 11.6 Å². The second-order valence-corrected chi connectivity index (χ2v) is 5.38. The van der Waals surface area contributed by atoms with Crippen LogP contribution >= 0.6 is 11.6 Å². The van der Waals surface area contributed by atoms with Crippen LogP contribution in [0.1, 0.15) is 24.0 Å². The first-order chi connectivity index (χ1) is 9.13. The van der Waals surface area contributed by atoms with Gasteiger partial charge in [-0.2, -0.15) is 0 Å². The Morgan fingerprint density at radius 2 is 2.21 bits per heavy atom. The van der Waals surface area contributed by atoms with E-state index in [0.29, 0.717) is 17.9 Å². The van der Waals surface area contributed by atoms with Crippen LogP contribution < -0.4 is 5.32 Å². The molecule has 1 aliphatic rings. The zero-order valence-corrected chi connectivity index (χ0v) is 11.7. The molecule has 0 radical (unpaired) electrons. The summed E-state index contributed by atoms with van der Waals surface area (Å²) in [6, 6.07) is 1.53. The molecule has 1 aromatic rings. The second kappa shape index (κ2) is 6.64. The molecule has 1 unspecified atom stereocenters. The van der Waals surface area contributed by atoms with Crippen LogP contribution in [0.25, 0.3) is 0 Å². The number of benzene rings is 1. The first kappa shape index (κ1) is 14.7. The number of hydrogen-bond donors (Lipinski definition) is 1. The van der Waals surface area contributed by atoms with E-state index in [9.17, 15) is 8.78 Å². The van der Waals surface area contributed by atoms with E-state index >= 15 is 0 Å². The maximum Gasteiger partial charge on any atom is 0.166 e. The topological polar surface area (TPSA) is 21.3 Å². The van der Waals surface area contributed by atoms with E-state index in [-0.39, 0.29) is 17.2 Å². The van der Waals surface area contributed by atoms with Crippen LogP contribution in [-0.2, 0) is 17.8 Å². The molecular weight excluding hydrogens is 272 g/mol. The molecule has 19 heavy (non-hydrogen) atoms. The van der Waals surface area contributed by atoms with E-state index in [1.807, 2.05) is 0 Å². The zero-order chi connectivity index (χ0) is 13.8. The first-order valence-corrected chi connectivity index (χ1v) is 6.86. The molecule has 1 atom stereocenters. The summed E-state index contributed by atoms with van der Waals surface area (Å²) in [5.41, 5.74) is 0.447. The number of methoxy groups -OCH3 is 1.